The van der Waals surface area contributed by atoms with E-state index in [0.29, 0.717) is 16.9 Å². The van der Waals surface area contributed by atoms with Crippen LogP contribution in [0.25, 0.3) is 5.69 Å². The summed E-state index contributed by atoms with van der Waals surface area (Å²) in [5.74, 6) is -1.73. The van der Waals surface area contributed by atoms with Gasteiger partial charge in [0, 0.05) is 6.54 Å². The smallest absolute Gasteiger partial charge is 0.310 e. The van der Waals surface area contributed by atoms with E-state index in [-0.39, 0.29) is 24.2 Å². The second kappa shape index (κ2) is 7.04. The number of nitrogens with zero attached hydrogens (tertiary/aromatic N) is 2. The number of aliphatic carboxylic acids is 1. The summed E-state index contributed by atoms with van der Waals surface area (Å²) < 4.78 is 14.7. The summed E-state index contributed by atoms with van der Waals surface area (Å²) in [5, 5.41) is 16.1. The first-order valence-electron chi connectivity index (χ1n) is 7.99. The van der Waals surface area contributed by atoms with Crippen molar-refractivity contribution in [2.45, 2.75) is 33.6 Å². The molecule has 1 aromatic heterocycles. The van der Waals surface area contributed by atoms with Crippen LogP contribution < -0.4 is 5.32 Å². The Hall–Kier alpha value is -2.70. The standard InChI is InChI=1S/C18H22FN3O3/c1-11(2)15-14(16(23)20-10-18(3,4)17(24)25)9-21-22(15)13-7-5-12(19)6-8-13/h5-9,11H,10H2,1-4H3,(H,20,23)(H,24,25). The Kier molecular flexibility index (Phi) is 5.25. The molecule has 6 nitrogen and oxygen atoms in total. The Morgan fingerprint density at radius 2 is 1.88 bits per heavy atom. The van der Waals surface area contributed by atoms with Gasteiger partial charge in [-0.25, -0.2) is 9.07 Å². The van der Waals surface area contributed by atoms with E-state index in [1.807, 2.05) is 13.8 Å². The average Bonchev–Trinajstić information content (AvgIpc) is 2.98. The molecule has 1 aromatic carbocycles. The molecule has 0 saturated carbocycles. The van der Waals surface area contributed by atoms with Gasteiger partial charge in [0.05, 0.1) is 28.6 Å². The largest absolute Gasteiger partial charge is 0.481 e. The van der Waals surface area contributed by atoms with Crippen LogP contribution >= 0.6 is 0 Å². The van der Waals surface area contributed by atoms with Gasteiger partial charge in [-0.2, -0.15) is 5.10 Å². The summed E-state index contributed by atoms with van der Waals surface area (Å²) in [5.41, 5.74) is 0.633. The third-order valence-electron chi connectivity index (χ3n) is 3.94. The number of rotatable bonds is 6. The molecule has 0 radical (unpaired) electrons. The number of carboxylic acid groups (broad SMARTS) is 1. The fourth-order valence-electron chi connectivity index (χ4n) is 2.35. The van der Waals surface area contributed by atoms with Gasteiger partial charge in [-0.1, -0.05) is 13.8 Å². The van der Waals surface area contributed by atoms with Gasteiger partial charge in [-0.3, -0.25) is 9.59 Å². The van der Waals surface area contributed by atoms with Gasteiger partial charge in [0.2, 0.25) is 0 Å². The number of hydrogen-bond donors (Lipinski definition) is 2. The number of carboxylic acids is 1. The van der Waals surface area contributed by atoms with Crippen LogP contribution in [0.2, 0.25) is 0 Å². The first-order valence-corrected chi connectivity index (χ1v) is 7.99. The highest BCUT2D eigenvalue weighted by Gasteiger charge is 2.29. The molecule has 0 bridgehead atoms. The minimum Gasteiger partial charge on any atom is -0.481 e. The maximum absolute atomic E-state index is 13.1. The molecule has 2 N–H and O–H groups in total. The van der Waals surface area contributed by atoms with Crippen molar-refractivity contribution in [1.82, 2.24) is 15.1 Å². The highest BCUT2D eigenvalue weighted by Crippen LogP contribution is 2.23. The Bertz CT molecular complexity index is 779. The number of benzene rings is 1. The molecule has 0 fully saturated rings. The summed E-state index contributed by atoms with van der Waals surface area (Å²) in [7, 11) is 0. The van der Waals surface area contributed by atoms with Crippen LogP contribution in [-0.2, 0) is 4.79 Å². The highest BCUT2D eigenvalue weighted by atomic mass is 19.1. The van der Waals surface area contributed by atoms with Crippen LogP contribution in [0.1, 0.15) is 49.7 Å². The normalized spacial score (nSPS) is 11.6. The summed E-state index contributed by atoms with van der Waals surface area (Å²) in [6, 6.07) is 5.83. The Morgan fingerprint density at radius 1 is 1.28 bits per heavy atom. The molecule has 0 aliphatic rings. The quantitative estimate of drug-likeness (QED) is 0.841. The second-order valence-electron chi connectivity index (χ2n) is 6.86. The van der Waals surface area contributed by atoms with Gasteiger partial charge < -0.3 is 10.4 Å². The zero-order chi connectivity index (χ0) is 18.8. The van der Waals surface area contributed by atoms with Crippen molar-refractivity contribution in [3.8, 4) is 5.69 Å². The lowest BCUT2D eigenvalue weighted by Gasteiger charge is -2.20. The minimum absolute atomic E-state index is 0.000427. The van der Waals surface area contributed by atoms with E-state index < -0.39 is 11.4 Å². The van der Waals surface area contributed by atoms with Crippen molar-refractivity contribution in [2.75, 3.05) is 6.54 Å². The van der Waals surface area contributed by atoms with E-state index in [1.54, 1.807) is 30.7 Å². The van der Waals surface area contributed by atoms with Crippen molar-refractivity contribution in [2.24, 2.45) is 5.41 Å². The van der Waals surface area contributed by atoms with E-state index in [2.05, 4.69) is 10.4 Å². The molecule has 1 heterocycles. The van der Waals surface area contributed by atoms with E-state index in [9.17, 15) is 14.0 Å². The molecule has 2 rings (SSSR count). The molecule has 0 saturated heterocycles. The monoisotopic (exact) mass is 347 g/mol. The zero-order valence-corrected chi connectivity index (χ0v) is 14.7. The lowest BCUT2D eigenvalue weighted by atomic mass is 9.93. The van der Waals surface area contributed by atoms with Crippen LogP contribution in [0.4, 0.5) is 4.39 Å². The zero-order valence-electron chi connectivity index (χ0n) is 14.7. The molecule has 0 aliphatic carbocycles. The number of halogens is 1. The van der Waals surface area contributed by atoms with Crippen molar-refractivity contribution < 1.29 is 19.1 Å². The van der Waals surface area contributed by atoms with Crippen molar-refractivity contribution in [3.05, 3.63) is 47.5 Å². The van der Waals surface area contributed by atoms with Crippen LogP contribution in [0.5, 0.6) is 0 Å². The molecule has 0 unspecified atom stereocenters. The van der Waals surface area contributed by atoms with Crippen LogP contribution in [-0.4, -0.2) is 33.3 Å². The van der Waals surface area contributed by atoms with E-state index >= 15 is 0 Å². The molecular weight excluding hydrogens is 325 g/mol. The fourth-order valence-corrected chi connectivity index (χ4v) is 2.35. The summed E-state index contributed by atoms with van der Waals surface area (Å²) in [6.45, 7) is 6.94. The number of nitrogens with one attached hydrogen (secondary N) is 1. The number of aromatic nitrogens is 2. The maximum atomic E-state index is 13.1. The van der Waals surface area contributed by atoms with E-state index in [4.69, 9.17) is 5.11 Å². The molecule has 0 spiro atoms. The Balaban J connectivity index is 2.31. The SMILES string of the molecule is CC(C)c1c(C(=O)NCC(C)(C)C(=O)O)cnn1-c1ccc(F)cc1. The van der Waals surface area contributed by atoms with Gasteiger partial charge in [0.1, 0.15) is 5.82 Å². The highest BCUT2D eigenvalue weighted by molar-refractivity contribution is 5.95. The van der Waals surface area contributed by atoms with Crippen molar-refractivity contribution in [1.29, 1.82) is 0 Å². The van der Waals surface area contributed by atoms with E-state index in [0.717, 1.165) is 0 Å². The summed E-state index contributed by atoms with van der Waals surface area (Å²) in [6.07, 6.45) is 1.45. The molecule has 2 aromatic rings. The molecule has 0 atom stereocenters. The molecule has 7 heteroatoms. The molecule has 25 heavy (non-hydrogen) atoms. The Morgan fingerprint density at radius 3 is 2.40 bits per heavy atom. The first kappa shape index (κ1) is 18.6. The number of hydrogen-bond acceptors (Lipinski definition) is 3. The van der Waals surface area contributed by atoms with Crippen LogP contribution in [0.3, 0.4) is 0 Å². The van der Waals surface area contributed by atoms with Gasteiger partial charge in [0.15, 0.2) is 0 Å². The van der Waals surface area contributed by atoms with Gasteiger partial charge >= 0.3 is 5.97 Å². The lowest BCUT2D eigenvalue weighted by molar-refractivity contribution is -0.146. The van der Waals surface area contributed by atoms with Crippen molar-refractivity contribution >= 4 is 11.9 Å². The molecular formula is C18H22FN3O3. The first-order chi connectivity index (χ1) is 11.6. The van der Waals surface area contributed by atoms with Crippen LogP contribution in [0.15, 0.2) is 30.5 Å². The molecule has 1 amide bonds. The third kappa shape index (κ3) is 4.04. The lowest BCUT2D eigenvalue weighted by Crippen LogP contribution is -2.39. The van der Waals surface area contributed by atoms with Crippen LogP contribution in [0, 0.1) is 11.2 Å². The molecule has 0 aliphatic heterocycles. The Labute approximate surface area is 145 Å². The molecule has 134 valence electrons. The predicted molar refractivity (Wildman–Crippen MR) is 91.4 cm³/mol. The van der Waals surface area contributed by atoms with Gasteiger partial charge in [0.25, 0.3) is 5.91 Å². The fraction of sp³-hybridized carbons (Fsp3) is 0.389. The van der Waals surface area contributed by atoms with Crippen molar-refractivity contribution in [3.63, 3.8) is 0 Å². The van der Waals surface area contributed by atoms with E-state index in [1.165, 1.54) is 18.3 Å². The predicted octanol–water partition coefficient (Wildman–Crippen LogP) is 2.98. The maximum Gasteiger partial charge on any atom is 0.310 e. The number of amides is 1. The third-order valence-corrected chi connectivity index (χ3v) is 3.94. The second-order valence-corrected chi connectivity index (χ2v) is 6.86. The van der Waals surface area contributed by atoms with Gasteiger partial charge in [-0.05, 0) is 44.0 Å². The average molecular weight is 347 g/mol. The summed E-state index contributed by atoms with van der Waals surface area (Å²) >= 11 is 0. The number of carbonyl (C=O) groups excluding carboxylic acids is 1. The summed E-state index contributed by atoms with van der Waals surface area (Å²) in [4.78, 5) is 23.7. The minimum atomic E-state index is -1.07. The topological polar surface area (TPSA) is 84.2 Å². The number of carbonyl (C=O) groups is 2. The van der Waals surface area contributed by atoms with Gasteiger partial charge in [-0.15, -0.1) is 0 Å².